The molecule has 6 atom stereocenters. The predicted octanol–water partition coefficient (Wildman–Crippen LogP) is 1.98. The van der Waals surface area contributed by atoms with Gasteiger partial charge in [0, 0.05) is 55.1 Å². The highest BCUT2D eigenvalue weighted by molar-refractivity contribution is 8.93. The second kappa shape index (κ2) is 12.1. The zero-order valence-electron chi connectivity index (χ0n) is 24.6. The van der Waals surface area contributed by atoms with Crippen LogP contribution in [0, 0.1) is 0 Å². The van der Waals surface area contributed by atoms with Crippen LogP contribution in [0.1, 0.15) is 75.8 Å². The Kier molecular flexibility index (Phi) is 8.95. The topological polar surface area (TPSA) is 172 Å². The van der Waals surface area contributed by atoms with Gasteiger partial charge < -0.3 is 39.4 Å². The quantitative estimate of drug-likeness (QED) is 0.290. The third-order valence-corrected chi connectivity index (χ3v) is 9.24. The number of fused-ring (bicyclic) bond motifs is 3. The van der Waals surface area contributed by atoms with Crippen LogP contribution in [0.3, 0.4) is 0 Å². The van der Waals surface area contributed by atoms with Crippen LogP contribution in [-0.4, -0.2) is 106 Å². The number of nitrogens with zero attached hydrogens (tertiary/aromatic N) is 1. The van der Waals surface area contributed by atoms with E-state index in [-0.39, 0.29) is 63.9 Å². The van der Waals surface area contributed by atoms with Crippen LogP contribution in [0.5, 0.6) is 17.2 Å². The molecule has 0 aromatic heterocycles. The number of hydrogen-bond donors (Lipinski definition) is 4. The number of hydrogen-bond acceptors (Lipinski definition) is 12. The van der Waals surface area contributed by atoms with E-state index >= 15 is 0 Å². The molecule has 238 valence electrons. The van der Waals surface area contributed by atoms with Gasteiger partial charge in [0.15, 0.2) is 17.9 Å². The lowest BCUT2D eigenvalue weighted by Crippen LogP contribution is -2.58. The van der Waals surface area contributed by atoms with Gasteiger partial charge in [-0.2, -0.15) is 0 Å². The number of aromatic hydroxyl groups is 2. The van der Waals surface area contributed by atoms with E-state index in [0.29, 0.717) is 26.3 Å². The summed E-state index contributed by atoms with van der Waals surface area (Å²) >= 11 is 0. The van der Waals surface area contributed by atoms with E-state index in [9.17, 15) is 34.8 Å². The van der Waals surface area contributed by atoms with E-state index in [1.54, 1.807) is 6.92 Å². The number of Topliss-reactive ketones (excluding diaryl/α,β-unsaturated/α-hetero) is 1. The van der Waals surface area contributed by atoms with Crippen LogP contribution >= 0.6 is 17.0 Å². The maximum atomic E-state index is 13.8. The molecular weight excluding hydrogens is 642 g/mol. The molecule has 0 radical (unpaired) electrons. The summed E-state index contributed by atoms with van der Waals surface area (Å²) in [5, 5.41) is 45.5. The fourth-order valence-electron chi connectivity index (χ4n) is 6.87. The highest BCUT2D eigenvalue weighted by Gasteiger charge is 2.50. The molecule has 2 heterocycles. The monoisotopic (exact) mass is 677 g/mol. The molecule has 4 aliphatic rings. The number of aliphatic hydroxyl groups is 2. The zero-order chi connectivity index (χ0) is 30.8. The van der Waals surface area contributed by atoms with Gasteiger partial charge in [-0.25, -0.2) is 0 Å². The molecule has 2 fully saturated rings. The summed E-state index contributed by atoms with van der Waals surface area (Å²) in [7, 11) is 1.35. The van der Waals surface area contributed by atoms with Crippen molar-refractivity contribution in [2.45, 2.75) is 69.4 Å². The SMILES string of the molecule is Br.COc1cccc2c1C(=O)c1c(O)c3c(c(O)c1C2=O)C[C@@](O)(C(C)=O)C[C@@H]3O[C@H]1C[C@H](N2CCOCC2)[C@H](O)[C@H](C)O1. The molecule has 0 amide bonds. The molecule has 44 heavy (non-hydrogen) atoms. The van der Waals surface area contributed by atoms with E-state index in [0.717, 1.165) is 0 Å². The average Bonchev–Trinajstić information content (AvgIpc) is 2.99. The maximum absolute atomic E-state index is 13.8. The van der Waals surface area contributed by atoms with E-state index in [2.05, 4.69) is 4.90 Å². The van der Waals surface area contributed by atoms with Crippen molar-refractivity contribution in [3.05, 3.63) is 51.6 Å². The van der Waals surface area contributed by atoms with Crippen molar-refractivity contribution in [1.29, 1.82) is 0 Å². The lowest BCUT2D eigenvalue weighted by molar-refractivity contribution is -0.260. The number of ketones is 3. The molecule has 2 aliphatic carbocycles. The first-order valence-corrected chi connectivity index (χ1v) is 14.4. The number of phenolic OH excluding ortho intramolecular Hbond substituents is 2. The zero-order valence-corrected chi connectivity index (χ0v) is 26.3. The Morgan fingerprint density at radius 1 is 1.07 bits per heavy atom. The second-order valence-corrected chi connectivity index (χ2v) is 11.7. The summed E-state index contributed by atoms with van der Waals surface area (Å²) in [5.41, 5.74) is -2.93. The van der Waals surface area contributed by atoms with Gasteiger partial charge >= 0.3 is 0 Å². The van der Waals surface area contributed by atoms with Crippen molar-refractivity contribution < 1.29 is 53.8 Å². The molecule has 2 aromatic rings. The Hall–Kier alpha value is -2.91. The molecule has 2 aliphatic heterocycles. The number of aliphatic hydroxyl groups excluding tert-OH is 1. The van der Waals surface area contributed by atoms with Gasteiger partial charge in [0.2, 0.25) is 5.78 Å². The summed E-state index contributed by atoms with van der Waals surface area (Å²) in [4.78, 5) is 42.2. The van der Waals surface area contributed by atoms with Crippen LogP contribution in [0.2, 0.25) is 0 Å². The number of methoxy groups -OCH3 is 1. The number of carbonyl (C=O) groups is 3. The third-order valence-electron chi connectivity index (χ3n) is 9.24. The molecule has 6 rings (SSSR count). The van der Waals surface area contributed by atoms with Gasteiger partial charge in [-0.3, -0.25) is 19.3 Å². The first-order valence-electron chi connectivity index (χ1n) is 14.4. The number of ether oxygens (including phenoxy) is 4. The number of halogens is 1. The van der Waals surface area contributed by atoms with E-state index in [1.807, 2.05) is 0 Å². The van der Waals surface area contributed by atoms with Crippen molar-refractivity contribution in [2.75, 3.05) is 33.4 Å². The standard InChI is InChI=1S/C31H35NO11.BrH/c1-14-26(34)18(32-7-9-41-10-8-32)11-21(42-14)43-20-13-31(39,15(2)33)12-17-23(20)30(38)25-24(28(17)36)27(35)16-5-4-6-19(40-3)22(16)29(25)37;/h4-6,14,18,20-21,26,34,36,38-39H,7-13H2,1-3H3;1H/t14-,18-,20-,21-,26+,31-;/m0./s1. The fourth-order valence-corrected chi connectivity index (χ4v) is 6.87. The molecule has 2 aromatic carbocycles. The molecule has 0 saturated carbocycles. The third kappa shape index (κ3) is 5.14. The minimum absolute atomic E-state index is 0. The maximum Gasteiger partial charge on any atom is 0.202 e. The molecule has 13 heteroatoms. The number of rotatable bonds is 5. The van der Waals surface area contributed by atoms with Gasteiger partial charge in [0.1, 0.15) is 22.8 Å². The lowest BCUT2D eigenvalue weighted by atomic mass is 9.72. The van der Waals surface area contributed by atoms with Gasteiger partial charge in [-0.15, -0.1) is 17.0 Å². The first kappa shape index (κ1) is 32.5. The molecule has 0 bridgehead atoms. The highest BCUT2D eigenvalue weighted by Crippen LogP contribution is 2.52. The van der Waals surface area contributed by atoms with Crippen LogP contribution < -0.4 is 4.74 Å². The van der Waals surface area contributed by atoms with Gasteiger partial charge in [-0.05, 0) is 19.9 Å². The highest BCUT2D eigenvalue weighted by atomic mass is 79.9. The summed E-state index contributed by atoms with van der Waals surface area (Å²) in [6, 6.07) is 4.15. The van der Waals surface area contributed by atoms with Gasteiger partial charge in [0.05, 0.1) is 55.3 Å². The molecule has 2 saturated heterocycles. The largest absolute Gasteiger partial charge is 0.507 e. The summed E-state index contributed by atoms with van der Waals surface area (Å²) in [6.07, 6.45) is -4.07. The van der Waals surface area contributed by atoms with E-state index in [1.165, 1.54) is 32.2 Å². The van der Waals surface area contributed by atoms with E-state index < -0.39 is 76.6 Å². The number of benzene rings is 2. The Labute approximate surface area is 264 Å². The predicted molar refractivity (Wildman–Crippen MR) is 159 cm³/mol. The number of phenols is 2. The van der Waals surface area contributed by atoms with Crippen LogP contribution in [-0.2, 0) is 25.4 Å². The van der Waals surface area contributed by atoms with Gasteiger partial charge in [0.25, 0.3) is 0 Å². The fraction of sp³-hybridized carbons (Fsp3) is 0.516. The summed E-state index contributed by atoms with van der Waals surface area (Å²) in [6.45, 7) is 5.18. The number of carbonyl (C=O) groups excluding carboxylic acids is 3. The average molecular weight is 679 g/mol. The summed E-state index contributed by atoms with van der Waals surface area (Å²) in [5.74, 6) is -3.08. The minimum atomic E-state index is -2.00. The van der Waals surface area contributed by atoms with Crippen LogP contribution in [0.25, 0.3) is 0 Å². The number of morpholine rings is 1. The van der Waals surface area contributed by atoms with Crippen molar-refractivity contribution in [1.82, 2.24) is 4.90 Å². The Bertz CT molecular complexity index is 1510. The van der Waals surface area contributed by atoms with Crippen LogP contribution in [0.15, 0.2) is 18.2 Å². The molecule has 12 nitrogen and oxygen atoms in total. The molecule has 4 N–H and O–H groups in total. The minimum Gasteiger partial charge on any atom is -0.507 e. The van der Waals surface area contributed by atoms with Gasteiger partial charge in [-0.1, -0.05) is 12.1 Å². The Morgan fingerprint density at radius 2 is 1.75 bits per heavy atom. The Morgan fingerprint density at radius 3 is 2.41 bits per heavy atom. The molecular formula is C31H36BrNO11. The lowest BCUT2D eigenvalue weighted by Gasteiger charge is -2.46. The molecule has 0 unspecified atom stereocenters. The smallest absolute Gasteiger partial charge is 0.202 e. The van der Waals surface area contributed by atoms with E-state index in [4.69, 9.17) is 18.9 Å². The summed E-state index contributed by atoms with van der Waals surface area (Å²) < 4.78 is 23.1. The first-order chi connectivity index (χ1) is 20.5. The molecule has 0 spiro atoms. The van der Waals surface area contributed by atoms with Crippen molar-refractivity contribution in [2.24, 2.45) is 0 Å². The second-order valence-electron chi connectivity index (χ2n) is 11.7. The normalized spacial score (nSPS) is 30.1. The van der Waals surface area contributed by atoms with Crippen molar-refractivity contribution in [3.63, 3.8) is 0 Å². The van der Waals surface area contributed by atoms with Crippen LogP contribution in [0.4, 0.5) is 0 Å². The van der Waals surface area contributed by atoms with Crippen molar-refractivity contribution in [3.8, 4) is 17.2 Å². The Balaban J connectivity index is 0.00000384. The van der Waals surface area contributed by atoms with Crippen molar-refractivity contribution >= 4 is 34.3 Å².